The number of hydrogen-bond acceptors (Lipinski definition) is 2. The summed E-state index contributed by atoms with van der Waals surface area (Å²) in [6.07, 6.45) is 3.48. The lowest BCUT2D eigenvalue weighted by Crippen LogP contribution is -1.79. The van der Waals surface area contributed by atoms with Crippen molar-refractivity contribution < 1.29 is 0 Å². The Kier molecular flexibility index (Phi) is 2.01. The number of pyridine rings is 1. The van der Waals surface area contributed by atoms with Crippen LogP contribution in [0.3, 0.4) is 0 Å². The minimum Gasteiger partial charge on any atom is -0.397 e. The molecule has 0 aliphatic carbocycles. The summed E-state index contributed by atoms with van der Waals surface area (Å²) >= 11 is 0. The maximum absolute atomic E-state index is 5.60. The first-order valence-electron chi connectivity index (χ1n) is 3.05. The molecule has 0 spiro atoms. The predicted molar refractivity (Wildman–Crippen MR) is 47.8 cm³/mol. The molecule has 2 heterocycles. The summed E-state index contributed by atoms with van der Waals surface area (Å²) in [6, 6.07) is 3.81. The molecule has 0 aliphatic rings. The molecule has 2 aromatic rings. The molecule has 0 radical (unpaired) electrons. The van der Waals surface area contributed by atoms with Gasteiger partial charge in [0.15, 0.2) is 0 Å². The lowest BCUT2D eigenvalue weighted by Gasteiger charge is -1.86. The number of aromatic amines is 1. The maximum atomic E-state index is 5.60. The molecule has 11 heavy (non-hydrogen) atoms. The van der Waals surface area contributed by atoms with Crippen molar-refractivity contribution in [2.45, 2.75) is 0 Å². The van der Waals surface area contributed by atoms with E-state index in [2.05, 4.69) is 9.97 Å². The molecule has 2 aromatic heterocycles. The van der Waals surface area contributed by atoms with Gasteiger partial charge in [-0.25, -0.2) is 4.98 Å². The van der Waals surface area contributed by atoms with E-state index in [9.17, 15) is 0 Å². The number of anilines is 1. The minimum absolute atomic E-state index is 0. The summed E-state index contributed by atoms with van der Waals surface area (Å²) in [6.45, 7) is 0. The highest BCUT2D eigenvalue weighted by Gasteiger charge is 1.96. The number of H-pyrrole nitrogens is 1. The molecule has 0 saturated heterocycles. The number of nitrogens with zero attached hydrogens (tertiary/aromatic N) is 1. The standard InChI is InChI=1S/C7H7N3.ClH/c8-6-4-10-7-5(6)2-1-3-9-7;/h1-4H,8H2,(H,9,10);1H. The summed E-state index contributed by atoms with van der Waals surface area (Å²) in [7, 11) is 0. The Morgan fingerprint density at radius 3 is 3.00 bits per heavy atom. The monoisotopic (exact) mass is 169 g/mol. The third kappa shape index (κ3) is 1.14. The fourth-order valence-electron chi connectivity index (χ4n) is 0.977. The molecule has 0 unspecified atom stereocenters. The predicted octanol–water partition coefficient (Wildman–Crippen LogP) is 1.57. The van der Waals surface area contributed by atoms with Gasteiger partial charge in [0.05, 0.1) is 5.69 Å². The van der Waals surface area contributed by atoms with E-state index in [0.717, 1.165) is 16.7 Å². The van der Waals surface area contributed by atoms with Gasteiger partial charge >= 0.3 is 0 Å². The number of halogens is 1. The molecule has 0 aromatic carbocycles. The first-order chi connectivity index (χ1) is 4.88. The highest BCUT2D eigenvalue weighted by atomic mass is 35.5. The van der Waals surface area contributed by atoms with E-state index in [1.807, 2.05) is 12.1 Å². The van der Waals surface area contributed by atoms with Crippen molar-refractivity contribution >= 4 is 29.1 Å². The lowest BCUT2D eigenvalue weighted by molar-refractivity contribution is 1.33. The molecule has 0 aliphatic heterocycles. The maximum Gasteiger partial charge on any atom is 0.139 e. The lowest BCUT2D eigenvalue weighted by atomic mass is 10.3. The van der Waals surface area contributed by atoms with Crippen LogP contribution in [0.4, 0.5) is 5.69 Å². The number of nitrogens with two attached hydrogens (primary N) is 1. The van der Waals surface area contributed by atoms with Gasteiger partial charge in [0, 0.05) is 17.8 Å². The van der Waals surface area contributed by atoms with Crippen molar-refractivity contribution in [3.8, 4) is 0 Å². The van der Waals surface area contributed by atoms with Gasteiger partial charge in [-0.3, -0.25) is 0 Å². The van der Waals surface area contributed by atoms with E-state index >= 15 is 0 Å². The van der Waals surface area contributed by atoms with Gasteiger partial charge in [-0.1, -0.05) is 0 Å². The Morgan fingerprint density at radius 2 is 2.27 bits per heavy atom. The normalized spacial score (nSPS) is 9.45. The van der Waals surface area contributed by atoms with Crippen LogP contribution in [0.1, 0.15) is 0 Å². The van der Waals surface area contributed by atoms with E-state index in [-0.39, 0.29) is 12.4 Å². The van der Waals surface area contributed by atoms with Crippen molar-refractivity contribution in [1.29, 1.82) is 0 Å². The zero-order valence-electron chi connectivity index (χ0n) is 5.74. The van der Waals surface area contributed by atoms with E-state index in [0.29, 0.717) is 0 Å². The Labute approximate surface area is 70.0 Å². The third-order valence-corrected chi connectivity index (χ3v) is 1.48. The quantitative estimate of drug-likeness (QED) is 0.629. The summed E-state index contributed by atoms with van der Waals surface area (Å²) in [4.78, 5) is 7.02. The SMILES string of the molecule is Cl.Nc1c[nH]c2ncccc12. The zero-order chi connectivity index (χ0) is 6.97. The Bertz CT molecular complexity index is 355. The van der Waals surface area contributed by atoms with E-state index in [4.69, 9.17) is 5.73 Å². The van der Waals surface area contributed by atoms with Gasteiger partial charge < -0.3 is 10.7 Å². The average Bonchev–Trinajstić information content (AvgIpc) is 2.34. The second-order valence-corrected chi connectivity index (χ2v) is 2.14. The smallest absolute Gasteiger partial charge is 0.139 e. The Balaban J connectivity index is 0.000000605. The van der Waals surface area contributed by atoms with Crippen LogP contribution < -0.4 is 5.73 Å². The number of rotatable bonds is 0. The van der Waals surface area contributed by atoms with Crippen LogP contribution in [0, 0.1) is 0 Å². The minimum atomic E-state index is 0. The van der Waals surface area contributed by atoms with E-state index in [1.165, 1.54) is 0 Å². The van der Waals surface area contributed by atoms with Crippen LogP contribution in [0.5, 0.6) is 0 Å². The fraction of sp³-hybridized carbons (Fsp3) is 0. The highest BCUT2D eigenvalue weighted by molar-refractivity contribution is 5.88. The molecular formula is C7H8ClN3. The third-order valence-electron chi connectivity index (χ3n) is 1.48. The molecule has 0 saturated carbocycles. The molecule has 0 bridgehead atoms. The van der Waals surface area contributed by atoms with Crippen LogP contribution in [-0.4, -0.2) is 9.97 Å². The van der Waals surface area contributed by atoms with Crippen molar-refractivity contribution in [3.05, 3.63) is 24.5 Å². The summed E-state index contributed by atoms with van der Waals surface area (Å²) in [5.74, 6) is 0. The molecule has 4 heteroatoms. The van der Waals surface area contributed by atoms with Crippen LogP contribution in [0.25, 0.3) is 11.0 Å². The Hall–Kier alpha value is -1.22. The van der Waals surface area contributed by atoms with Gasteiger partial charge in [-0.2, -0.15) is 0 Å². The first kappa shape index (κ1) is 7.88. The van der Waals surface area contributed by atoms with Crippen molar-refractivity contribution in [1.82, 2.24) is 9.97 Å². The molecule has 3 nitrogen and oxygen atoms in total. The topological polar surface area (TPSA) is 54.7 Å². The largest absolute Gasteiger partial charge is 0.397 e. The van der Waals surface area contributed by atoms with Crippen molar-refractivity contribution in [2.75, 3.05) is 5.73 Å². The molecule has 0 fully saturated rings. The molecule has 3 N–H and O–H groups in total. The molecular weight excluding hydrogens is 162 g/mol. The number of nitrogens with one attached hydrogen (secondary N) is 1. The molecule has 0 atom stereocenters. The fourth-order valence-corrected chi connectivity index (χ4v) is 0.977. The van der Waals surface area contributed by atoms with Crippen LogP contribution in [0.15, 0.2) is 24.5 Å². The van der Waals surface area contributed by atoms with Gasteiger partial charge in [-0.15, -0.1) is 12.4 Å². The van der Waals surface area contributed by atoms with Crippen molar-refractivity contribution in [3.63, 3.8) is 0 Å². The van der Waals surface area contributed by atoms with Crippen molar-refractivity contribution in [2.24, 2.45) is 0 Å². The molecule has 0 amide bonds. The van der Waals surface area contributed by atoms with E-state index < -0.39 is 0 Å². The second-order valence-electron chi connectivity index (χ2n) is 2.14. The summed E-state index contributed by atoms with van der Waals surface area (Å²) in [5, 5.41) is 0.988. The van der Waals surface area contributed by atoms with Crippen LogP contribution >= 0.6 is 12.4 Å². The number of aromatic nitrogens is 2. The van der Waals surface area contributed by atoms with Gasteiger partial charge in [0.25, 0.3) is 0 Å². The zero-order valence-corrected chi connectivity index (χ0v) is 6.56. The molecule has 2 rings (SSSR count). The van der Waals surface area contributed by atoms with Gasteiger partial charge in [-0.05, 0) is 12.1 Å². The summed E-state index contributed by atoms with van der Waals surface area (Å²) < 4.78 is 0. The van der Waals surface area contributed by atoms with Crippen LogP contribution in [0.2, 0.25) is 0 Å². The van der Waals surface area contributed by atoms with E-state index in [1.54, 1.807) is 12.4 Å². The average molecular weight is 170 g/mol. The number of nitrogen functional groups attached to an aromatic ring is 1. The second kappa shape index (κ2) is 2.80. The van der Waals surface area contributed by atoms with Gasteiger partial charge in [0.2, 0.25) is 0 Å². The molecule has 58 valence electrons. The number of fused-ring (bicyclic) bond motifs is 1. The number of hydrogen-bond donors (Lipinski definition) is 2. The Morgan fingerprint density at radius 1 is 1.45 bits per heavy atom. The first-order valence-corrected chi connectivity index (χ1v) is 3.05. The highest BCUT2D eigenvalue weighted by Crippen LogP contribution is 2.16. The van der Waals surface area contributed by atoms with Crippen LogP contribution in [-0.2, 0) is 0 Å². The summed E-state index contributed by atoms with van der Waals surface area (Å²) in [5.41, 5.74) is 7.21. The van der Waals surface area contributed by atoms with Gasteiger partial charge in [0.1, 0.15) is 5.65 Å².